The Bertz CT molecular complexity index is 561. The first kappa shape index (κ1) is 13.9. The van der Waals surface area contributed by atoms with Gasteiger partial charge in [-0.25, -0.2) is 0 Å². The third-order valence-corrected chi connectivity index (χ3v) is 4.50. The van der Waals surface area contributed by atoms with Crippen LogP contribution in [0.2, 0.25) is 0 Å². The van der Waals surface area contributed by atoms with Crippen LogP contribution in [0.3, 0.4) is 0 Å². The largest absolute Gasteiger partial charge is 0.496 e. The van der Waals surface area contributed by atoms with Crippen molar-refractivity contribution in [2.75, 3.05) is 13.2 Å². The summed E-state index contributed by atoms with van der Waals surface area (Å²) >= 11 is 0. The van der Waals surface area contributed by atoms with Crippen LogP contribution in [0.4, 0.5) is 0 Å². The van der Waals surface area contributed by atoms with E-state index < -0.39 is 7.12 Å². The van der Waals surface area contributed by atoms with Crippen molar-refractivity contribution < 1.29 is 14.0 Å². The average molecular weight is 277 g/mol. The third-order valence-electron chi connectivity index (χ3n) is 4.50. The predicted octanol–water partition coefficient (Wildman–Crippen LogP) is 0.719. The molecule has 0 spiro atoms. The van der Waals surface area contributed by atoms with Crippen molar-refractivity contribution in [3.63, 3.8) is 0 Å². The van der Waals surface area contributed by atoms with Gasteiger partial charge in [-0.3, -0.25) is 4.79 Å². The molecule has 2 saturated heterocycles. The minimum absolute atomic E-state index is 0.0152. The fourth-order valence-electron chi connectivity index (χ4n) is 2.31. The minimum atomic E-state index is -0.437. The van der Waals surface area contributed by atoms with E-state index in [-0.39, 0.29) is 22.8 Å². The van der Waals surface area contributed by atoms with E-state index in [1.807, 2.05) is 33.9 Å². The SMILES string of the molecule is CC1(C)OB(c2ccc(=O)n(C3COC3)c2)OC1(C)C. The summed E-state index contributed by atoms with van der Waals surface area (Å²) in [4.78, 5) is 11.9. The number of hydrogen-bond donors (Lipinski definition) is 0. The summed E-state index contributed by atoms with van der Waals surface area (Å²) in [6, 6.07) is 3.48. The lowest BCUT2D eigenvalue weighted by Gasteiger charge is -2.32. The van der Waals surface area contributed by atoms with E-state index in [1.54, 1.807) is 16.7 Å². The van der Waals surface area contributed by atoms with Gasteiger partial charge in [0.25, 0.3) is 5.56 Å². The molecule has 2 aliphatic rings. The second-order valence-corrected chi connectivity index (χ2v) is 6.49. The maximum absolute atomic E-state index is 11.9. The summed E-state index contributed by atoms with van der Waals surface area (Å²) in [5, 5.41) is 0. The van der Waals surface area contributed by atoms with Crippen molar-refractivity contribution >= 4 is 12.6 Å². The fraction of sp³-hybridized carbons (Fsp3) is 0.643. The summed E-state index contributed by atoms with van der Waals surface area (Å²) in [5.74, 6) is 0. The number of pyridine rings is 1. The summed E-state index contributed by atoms with van der Waals surface area (Å²) in [7, 11) is -0.437. The zero-order chi connectivity index (χ0) is 14.5. The highest BCUT2D eigenvalue weighted by Crippen LogP contribution is 2.36. The molecule has 0 aliphatic carbocycles. The Labute approximate surface area is 119 Å². The molecule has 0 radical (unpaired) electrons. The van der Waals surface area contributed by atoms with E-state index in [0.29, 0.717) is 13.2 Å². The Morgan fingerprint density at radius 2 is 1.75 bits per heavy atom. The van der Waals surface area contributed by atoms with Crippen molar-refractivity contribution in [2.24, 2.45) is 0 Å². The van der Waals surface area contributed by atoms with Crippen LogP contribution >= 0.6 is 0 Å². The normalized spacial score (nSPS) is 24.7. The Morgan fingerprint density at radius 3 is 2.25 bits per heavy atom. The van der Waals surface area contributed by atoms with Crippen LogP contribution < -0.4 is 11.0 Å². The highest BCUT2D eigenvalue weighted by atomic mass is 16.7. The Hall–Kier alpha value is -1.11. The van der Waals surface area contributed by atoms with Gasteiger partial charge >= 0.3 is 7.12 Å². The van der Waals surface area contributed by atoms with Crippen molar-refractivity contribution in [3.05, 3.63) is 28.7 Å². The summed E-state index contributed by atoms with van der Waals surface area (Å²) in [5.41, 5.74) is 0.102. The first-order chi connectivity index (χ1) is 9.30. The highest BCUT2D eigenvalue weighted by molar-refractivity contribution is 6.62. The zero-order valence-electron chi connectivity index (χ0n) is 12.4. The van der Waals surface area contributed by atoms with E-state index in [4.69, 9.17) is 14.0 Å². The molecule has 3 heterocycles. The number of rotatable bonds is 2. The highest BCUT2D eigenvalue weighted by Gasteiger charge is 2.51. The third kappa shape index (κ3) is 2.12. The van der Waals surface area contributed by atoms with Crippen LogP contribution in [0, 0.1) is 0 Å². The molecule has 0 amide bonds. The van der Waals surface area contributed by atoms with Crippen LogP contribution in [-0.4, -0.2) is 36.1 Å². The molecule has 6 heteroatoms. The van der Waals surface area contributed by atoms with Crippen molar-refractivity contribution in [1.29, 1.82) is 0 Å². The van der Waals surface area contributed by atoms with E-state index in [9.17, 15) is 4.79 Å². The number of aromatic nitrogens is 1. The van der Waals surface area contributed by atoms with E-state index in [0.717, 1.165) is 5.46 Å². The molecule has 2 aliphatic heterocycles. The van der Waals surface area contributed by atoms with Gasteiger partial charge in [0.05, 0.1) is 30.5 Å². The van der Waals surface area contributed by atoms with Gasteiger partial charge in [0.2, 0.25) is 0 Å². The van der Waals surface area contributed by atoms with E-state index >= 15 is 0 Å². The Balaban J connectivity index is 1.90. The maximum Gasteiger partial charge on any atom is 0.496 e. The minimum Gasteiger partial charge on any atom is -0.399 e. The van der Waals surface area contributed by atoms with Gasteiger partial charge in [-0.2, -0.15) is 0 Å². The molecule has 0 aromatic carbocycles. The van der Waals surface area contributed by atoms with Gasteiger partial charge < -0.3 is 18.6 Å². The first-order valence-corrected chi connectivity index (χ1v) is 6.96. The standard InChI is InChI=1S/C14H20BNO4/c1-13(2)14(3,4)20-15(19-13)10-5-6-12(17)16(7-10)11-8-18-9-11/h5-7,11H,8-9H2,1-4H3. The van der Waals surface area contributed by atoms with Gasteiger partial charge in [-0.15, -0.1) is 0 Å². The molecule has 20 heavy (non-hydrogen) atoms. The smallest absolute Gasteiger partial charge is 0.399 e. The molecule has 5 nitrogen and oxygen atoms in total. The molecule has 0 saturated carbocycles. The Morgan fingerprint density at radius 1 is 1.15 bits per heavy atom. The van der Waals surface area contributed by atoms with Crippen molar-refractivity contribution in [1.82, 2.24) is 4.57 Å². The lowest BCUT2D eigenvalue weighted by Crippen LogP contribution is -2.42. The van der Waals surface area contributed by atoms with Crippen LogP contribution in [0.1, 0.15) is 33.7 Å². The molecule has 0 atom stereocenters. The molecule has 3 rings (SSSR count). The molecule has 2 fully saturated rings. The second-order valence-electron chi connectivity index (χ2n) is 6.49. The molecular weight excluding hydrogens is 257 g/mol. The monoisotopic (exact) mass is 277 g/mol. The molecule has 1 aromatic rings. The second kappa shape index (κ2) is 4.45. The summed E-state index contributed by atoms with van der Waals surface area (Å²) in [6.45, 7) is 9.25. The maximum atomic E-state index is 11.9. The summed E-state index contributed by atoms with van der Waals surface area (Å²) < 4.78 is 18.9. The van der Waals surface area contributed by atoms with Gasteiger partial charge in [-0.1, -0.05) is 6.07 Å². The average Bonchev–Trinajstić information content (AvgIpc) is 2.49. The number of hydrogen-bond acceptors (Lipinski definition) is 4. The van der Waals surface area contributed by atoms with Crippen molar-refractivity contribution in [3.8, 4) is 0 Å². The van der Waals surface area contributed by atoms with Crippen LogP contribution in [-0.2, 0) is 14.0 Å². The van der Waals surface area contributed by atoms with Crippen LogP contribution in [0.5, 0.6) is 0 Å². The van der Waals surface area contributed by atoms with Gasteiger partial charge in [-0.05, 0) is 33.2 Å². The van der Waals surface area contributed by atoms with Crippen LogP contribution in [0.15, 0.2) is 23.1 Å². The van der Waals surface area contributed by atoms with Crippen LogP contribution in [0.25, 0.3) is 0 Å². The first-order valence-electron chi connectivity index (χ1n) is 6.96. The molecular formula is C14H20BNO4. The van der Waals surface area contributed by atoms with Gasteiger partial charge in [0.1, 0.15) is 0 Å². The molecule has 0 N–H and O–H groups in total. The van der Waals surface area contributed by atoms with Crippen molar-refractivity contribution in [2.45, 2.75) is 44.9 Å². The molecule has 1 aromatic heterocycles. The molecule has 0 bridgehead atoms. The summed E-state index contributed by atoms with van der Waals surface area (Å²) in [6.07, 6.45) is 1.83. The quantitative estimate of drug-likeness (QED) is 0.747. The lowest BCUT2D eigenvalue weighted by atomic mass is 9.80. The fourth-order valence-corrected chi connectivity index (χ4v) is 2.31. The van der Waals surface area contributed by atoms with E-state index in [1.165, 1.54) is 0 Å². The number of ether oxygens (including phenoxy) is 1. The predicted molar refractivity (Wildman–Crippen MR) is 76.3 cm³/mol. The Kier molecular flexibility index (Phi) is 3.08. The lowest BCUT2D eigenvalue weighted by molar-refractivity contribution is -0.0247. The van der Waals surface area contributed by atoms with Gasteiger partial charge in [0.15, 0.2) is 0 Å². The molecule has 0 unspecified atom stereocenters. The molecule has 108 valence electrons. The topological polar surface area (TPSA) is 49.7 Å². The zero-order valence-corrected chi connectivity index (χ0v) is 12.4. The number of nitrogens with zero attached hydrogens (tertiary/aromatic N) is 1. The van der Waals surface area contributed by atoms with E-state index in [2.05, 4.69) is 0 Å². The van der Waals surface area contributed by atoms with Gasteiger partial charge in [0, 0.05) is 12.3 Å².